The van der Waals surface area contributed by atoms with Crippen LogP contribution in [-0.2, 0) is 17.6 Å². The Morgan fingerprint density at radius 1 is 1.08 bits per heavy atom. The monoisotopic (exact) mass is 337 g/mol. The molecule has 132 valence electrons. The topological polar surface area (TPSA) is 38.3 Å². The summed E-state index contributed by atoms with van der Waals surface area (Å²) in [6, 6.07) is 12.3. The molecular weight excluding hydrogens is 310 g/mol. The van der Waals surface area contributed by atoms with Crippen LogP contribution in [0.5, 0.6) is 5.75 Å². The van der Waals surface area contributed by atoms with Crippen molar-refractivity contribution in [3.05, 3.63) is 58.7 Å². The Morgan fingerprint density at radius 2 is 1.76 bits per heavy atom. The molecule has 3 rings (SSSR count). The highest BCUT2D eigenvalue weighted by atomic mass is 16.5. The van der Waals surface area contributed by atoms with E-state index < -0.39 is 6.10 Å². The van der Waals surface area contributed by atoms with E-state index in [0.717, 1.165) is 35.4 Å². The van der Waals surface area contributed by atoms with Crippen LogP contribution in [0.2, 0.25) is 0 Å². The number of carbonyl (C=O) groups excluding carboxylic acids is 1. The second-order valence-electron chi connectivity index (χ2n) is 6.91. The lowest BCUT2D eigenvalue weighted by atomic mass is 9.92. The van der Waals surface area contributed by atoms with Gasteiger partial charge in [-0.1, -0.05) is 31.2 Å². The van der Waals surface area contributed by atoms with Crippen LogP contribution in [0.1, 0.15) is 48.4 Å². The van der Waals surface area contributed by atoms with Gasteiger partial charge >= 0.3 is 0 Å². The highest BCUT2D eigenvalue weighted by molar-refractivity contribution is 5.95. The molecule has 0 fully saturated rings. The fourth-order valence-electron chi connectivity index (χ4n) is 3.48. The quantitative estimate of drug-likeness (QED) is 0.836. The van der Waals surface area contributed by atoms with E-state index in [1.807, 2.05) is 45.0 Å². The number of ether oxygens (including phenoxy) is 1. The fourth-order valence-corrected chi connectivity index (χ4v) is 3.48. The third-order valence-corrected chi connectivity index (χ3v) is 4.99. The van der Waals surface area contributed by atoms with Gasteiger partial charge in [0.2, 0.25) is 0 Å². The molecule has 1 aliphatic rings. The van der Waals surface area contributed by atoms with Crippen LogP contribution in [0, 0.1) is 13.8 Å². The number of amides is 1. The van der Waals surface area contributed by atoms with Crippen molar-refractivity contribution in [1.29, 1.82) is 0 Å². The van der Waals surface area contributed by atoms with Crippen LogP contribution in [0.3, 0.4) is 0 Å². The van der Waals surface area contributed by atoms with E-state index >= 15 is 0 Å². The average molecular weight is 337 g/mol. The minimum atomic E-state index is -0.486. The van der Waals surface area contributed by atoms with E-state index in [2.05, 4.69) is 17.4 Å². The van der Waals surface area contributed by atoms with Crippen molar-refractivity contribution in [2.75, 3.05) is 5.32 Å². The number of anilines is 1. The Balaban J connectivity index is 1.73. The van der Waals surface area contributed by atoms with E-state index in [9.17, 15) is 4.79 Å². The van der Waals surface area contributed by atoms with Gasteiger partial charge in [-0.2, -0.15) is 0 Å². The van der Waals surface area contributed by atoms with Gasteiger partial charge in [0, 0.05) is 5.69 Å². The Morgan fingerprint density at radius 3 is 2.44 bits per heavy atom. The van der Waals surface area contributed by atoms with Gasteiger partial charge in [-0.25, -0.2) is 0 Å². The van der Waals surface area contributed by atoms with Crippen molar-refractivity contribution in [3.8, 4) is 5.75 Å². The Hall–Kier alpha value is -2.29. The lowest BCUT2D eigenvalue weighted by molar-refractivity contribution is -0.122. The summed E-state index contributed by atoms with van der Waals surface area (Å²) in [6.07, 6.45) is 4.91. The number of hydrogen-bond donors (Lipinski definition) is 1. The molecule has 2 aromatic carbocycles. The zero-order valence-electron chi connectivity index (χ0n) is 15.4. The van der Waals surface area contributed by atoms with Crippen molar-refractivity contribution >= 4 is 11.6 Å². The number of fused-ring (bicyclic) bond motifs is 1. The summed E-state index contributed by atoms with van der Waals surface area (Å²) < 4.78 is 6.03. The first kappa shape index (κ1) is 17.5. The molecule has 0 saturated heterocycles. The van der Waals surface area contributed by atoms with Crippen molar-refractivity contribution < 1.29 is 9.53 Å². The van der Waals surface area contributed by atoms with Crippen molar-refractivity contribution in [2.24, 2.45) is 0 Å². The predicted molar refractivity (Wildman–Crippen MR) is 102 cm³/mol. The summed E-state index contributed by atoms with van der Waals surface area (Å²) in [6.45, 7) is 6.00. The van der Waals surface area contributed by atoms with Gasteiger partial charge in [0.25, 0.3) is 5.91 Å². The first-order chi connectivity index (χ1) is 12.1. The van der Waals surface area contributed by atoms with Gasteiger partial charge in [0.1, 0.15) is 5.75 Å². The number of aryl methyl sites for hydroxylation is 4. The lowest BCUT2D eigenvalue weighted by Gasteiger charge is -2.21. The molecule has 0 saturated carbocycles. The molecule has 0 bridgehead atoms. The molecule has 1 N–H and O–H groups in total. The zero-order valence-corrected chi connectivity index (χ0v) is 15.4. The average Bonchev–Trinajstić information content (AvgIpc) is 2.62. The van der Waals surface area contributed by atoms with Crippen molar-refractivity contribution in [1.82, 2.24) is 0 Å². The maximum atomic E-state index is 12.7. The van der Waals surface area contributed by atoms with Crippen LogP contribution < -0.4 is 10.1 Å². The normalized spacial score (nSPS) is 14.5. The second-order valence-corrected chi connectivity index (χ2v) is 6.91. The van der Waals surface area contributed by atoms with Gasteiger partial charge in [-0.3, -0.25) is 4.79 Å². The summed E-state index contributed by atoms with van der Waals surface area (Å²) in [7, 11) is 0. The minimum Gasteiger partial charge on any atom is -0.481 e. The molecule has 0 aromatic heterocycles. The molecule has 3 heteroatoms. The number of rotatable bonds is 5. The number of nitrogens with one attached hydrogen (secondary N) is 1. The minimum absolute atomic E-state index is 0.0855. The standard InChI is InChI=1S/C22H27NO2/c1-4-20(22(24)23-21-15(2)8-7-9-16(21)3)25-19-13-12-17-10-5-6-11-18(17)14-19/h7-9,12-14,20H,4-6,10-11H2,1-3H3,(H,23,24)/t20-/m0/s1. The van der Waals surface area contributed by atoms with E-state index in [4.69, 9.17) is 4.74 Å². The summed E-state index contributed by atoms with van der Waals surface area (Å²) >= 11 is 0. The third kappa shape index (κ3) is 4.04. The number of para-hydroxylation sites is 1. The maximum absolute atomic E-state index is 12.7. The van der Waals surface area contributed by atoms with Crippen LogP contribution >= 0.6 is 0 Å². The smallest absolute Gasteiger partial charge is 0.265 e. The summed E-state index contributed by atoms with van der Waals surface area (Å²) in [5.74, 6) is 0.710. The van der Waals surface area contributed by atoms with Gasteiger partial charge in [-0.05, 0) is 80.3 Å². The molecule has 0 spiro atoms. The molecule has 1 aliphatic carbocycles. The number of hydrogen-bond acceptors (Lipinski definition) is 2. The predicted octanol–water partition coefficient (Wildman–Crippen LogP) is 4.98. The van der Waals surface area contributed by atoms with Gasteiger partial charge in [-0.15, -0.1) is 0 Å². The fraction of sp³-hybridized carbons (Fsp3) is 0.409. The molecule has 1 atom stereocenters. The summed E-state index contributed by atoms with van der Waals surface area (Å²) in [5.41, 5.74) is 5.81. The van der Waals surface area contributed by atoms with E-state index in [1.54, 1.807) is 0 Å². The van der Waals surface area contributed by atoms with Crippen molar-refractivity contribution in [3.63, 3.8) is 0 Å². The zero-order chi connectivity index (χ0) is 17.8. The summed E-state index contributed by atoms with van der Waals surface area (Å²) in [4.78, 5) is 12.7. The summed E-state index contributed by atoms with van der Waals surface area (Å²) in [5, 5.41) is 3.05. The molecule has 1 amide bonds. The Labute approximate surface area is 150 Å². The van der Waals surface area contributed by atoms with Crippen LogP contribution in [-0.4, -0.2) is 12.0 Å². The van der Waals surface area contributed by atoms with Crippen LogP contribution in [0.4, 0.5) is 5.69 Å². The molecule has 3 nitrogen and oxygen atoms in total. The van der Waals surface area contributed by atoms with Crippen molar-refractivity contribution in [2.45, 2.75) is 59.0 Å². The molecule has 0 unspecified atom stereocenters. The maximum Gasteiger partial charge on any atom is 0.265 e. The van der Waals surface area contributed by atoms with E-state index in [1.165, 1.54) is 24.0 Å². The van der Waals surface area contributed by atoms with Gasteiger partial charge < -0.3 is 10.1 Å². The molecule has 0 heterocycles. The van der Waals surface area contributed by atoms with Crippen LogP contribution in [0.25, 0.3) is 0 Å². The van der Waals surface area contributed by atoms with Crippen LogP contribution in [0.15, 0.2) is 36.4 Å². The third-order valence-electron chi connectivity index (χ3n) is 4.99. The van der Waals surface area contributed by atoms with E-state index in [0.29, 0.717) is 6.42 Å². The number of carbonyl (C=O) groups is 1. The first-order valence-corrected chi connectivity index (χ1v) is 9.24. The highest BCUT2D eigenvalue weighted by Gasteiger charge is 2.20. The van der Waals surface area contributed by atoms with Gasteiger partial charge in [0.05, 0.1) is 0 Å². The number of benzene rings is 2. The molecule has 0 radical (unpaired) electrons. The first-order valence-electron chi connectivity index (χ1n) is 9.24. The lowest BCUT2D eigenvalue weighted by Crippen LogP contribution is -2.33. The second kappa shape index (κ2) is 7.73. The SMILES string of the molecule is CC[C@H](Oc1ccc2c(c1)CCCC2)C(=O)Nc1c(C)cccc1C. The Kier molecular flexibility index (Phi) is 5.42. The highest BCUT2D eigenvalue weighted by Crippen LogP contribution is 2.26. The van der Waals surface area contributed by atoms with Gasteiger partial charge in [0.15, 0.2) is 6.10 Å². The molecule has 2 aromatic rings. The Bertz CT molecular complexity index is 746. The molecule has 0 aliphatic heterocycles. The van der Waals surface area contributed by atoms with E-state index in [-0.39, 0.29) is 5.91 Å². The molecule has 25 heavy (non-hydrogen) atoms. The molecular formula is C22H27NO2. The largest absolute Gasteiger partial charge is 0.481 e.